The van der Waals surface area contributed by atoms with Crippen molar-refractivity contribution in [2.75, 3.05) is 7.11 Å². The normalized spacial score (nSPS) is 10.8. The van der Waals surface area contributed by atoms with Crippen LogP contribution in [0.5, 0.6) is 5.75 Å². The molecule has 0 aliphatic carbocycles. The molecule has 0 radical (unpaired) electrons. The minimum Gasteiger partial charge on any atom is -0.497 e. The van der Waals surface area contributed by atoms with Gasteiger partial charge in [0, 0.05) is 5.56 Å². The summed E-state index contributed by atoms with van der Waals surface area (Å²) >= 11 is 0. The second kappa shape index (κ2) is 5.70. The van der Waals surface area contributed by atoms with Gasteiger partial charge in [0.15, 0.2) is 0 Å². The van der Waals surface area contributed by atoms with E-state index in [1.807, 2.05) is 54.6 Å². The van der Waals surface area contributed by atoms with Crippen molar-refractivity contribution >= 4 is 11.4 Å². The predicted molar refractivity (Wildman–Crippen MR) is 74.5 cm³/mol. The van der Waals surface area contributed by atoms with Crippen molar-refractivity contribution < 1.29 is 4.74 Å². The minimum atomic E-state index is 0.597. The van der Waals surface area contributed by atoms with Crippen LogP contribution in [0.3, 0.4) is 0 Å². The van der Waals surface area contributed by atoms with Gasteiger partial charge in [0.25, 0.3) is 0 Å². The van der Waals surface area contributed by atoms with Crippen molar-refractivity contribution in [1.82, 2.24) is 0 Å². The number of nitrogens with zero attached hydrogens (tertiary/aromatic N) is 1. The van der Waals surface area contributed by atoms with Gasteiger partial charge in [-0.1, -0.05) is 30.3 Å². The molecule has 0 amide bonds. The van der Waals surface area contributed by atoms with Crippen LogP contribution in [0.15, 0.2) is 59.6 Å². The zero-order valence-corrected chi connectivity index (χ0v) is 10.1. The topological polar surface area (TPSA) is 21.6 Å². The lowest BCUT2D eigenvalue weighted by molar-refractivity contribution is 0.414. The Hall–Kier alpha value is -2.53. The number of rotatable bonds is 3. The van der Waals surface area contributed by atoms with E-state index >= 15 is 0 Å². The Morgan fingerprint density at radius 2 is 1.89 bits per heavy atom. The first-order chi connectivity index (χ1) is 8.83. The van der Waals surface area contributed by atoms with Gasteiger partial charge in [-0.2, -0.15) is 0 Å². The number of para-hydroxylation sites is 1. The maximum atomic E-state index is 5.52. The molecule has 0 spiro atoms. The minimum absolute atomic E-state index is 0.597. The molecule has 0 N–H and O–H groups in total. The van der Waals surface area contributed by atoms with Crippen LogP contribution in [-0.2, 0) is 0 Å². The molecule has 0 saturated heterocycles. The summed E-state index contributed by atoms with van der Waals surface area (Å²) in [6, 6.07) is 17.2. The summed E-state index contributed by atoms with van der Waals surface area (Å²) in [5.41, 5.74) is 2.31. The highest BCUT2D eigenvalue weighted by molar-refractivity contribution is 6.13. The Morgan fingerprint density at radius 3 is 2.56 bits per heavy atom. The SMILES string of the molecule is C#CC(=Nc1ccccc1)c1cccc(OC)c1. The fraction of sp³-hybridized carbons (Fsp3) is 0.0625. The molecule has 88 valence electrons. The second-order valence-electron chi connectivity index (χ2n) is 3.67. The van der Waals surface area contributed by atoms with Crippen molar-refractivity contribution in [3.8, 4) is 18.1 Å². The Morgan fingerprint density at radius 1 is 1.11 bits per heavy atom. The van der Waals surface area contributed by atoms with Gasteiger partial charge in [0.2, 0.25) is 0 Å². The predicted octanol–water partition coefficient (Wildman–Crippen LogP) is 3.45. The van der Waals surface area contributed by atoms with Gasteiger partial charge in [-0.25, -0.2) is 4.99 Å². The van der Waals surface area contributed by atoms with Crippen LogP contribution in [0.1, 0.15) is 5.56 Å². The quantitative estimate of drug-likeness (QED) is 0.590. The first-order valence-electron chi connectivity index (χ1n) is 5.58. The van der Waals surface area contributed by atoms with Crippen LogP contribution in [0.4, 0.5) is 5.69 Å². The molecule has 0 aromatic heterocycles. The van der Waals surface area contributed by atoms with Crippen LogP contribution in [0, 0.1) is 12.3 Å². The number of terminal acetylenes is 1. The van der Waals surface area contributed by atoms with Gasteiger partial charge in [-0.05, 0) is 30.2 Å². The molecule has 0 fully saturated rings. The van der Waals surface area contributed by atoms with E-state index in [0.29, 0.717) is 5.71 Å². The average molecular weight is 235 g/mol. The van der Waals surface area contributed by atoms with Crippen molar-refractivity contribution in [3.05, 3.63) is 60.2 Å². The van der Waals surface area contributed by atoms with E-state index in [-0.39, 0.29) is 0 Å². The maximum Gasteiger partial charge on any atom is 0.120 e. The van der Waals surface area contributed by atoms with E-state index in [9.17, 15) is 0 Å². The van der Waals surface area contributed by atoms with Gasteiger partial charge in [0.05, 0.1) is 12.8 Å². The fourth-order valence-electron chi connectivity index (χ4n) is 1.58. The summed E-state index contributed by atoms with van der Waals surface area (Å²) in [6.45, 7) is 0. The number of aliphatic imine (C=N–C) groups is 1. The summed E-state index contributed by atoms with van der Waals surface area (Å²) in [6.07, 6.45) is 5.52. The number of methoxy groups -OCH3 is 1. The second-order valence-corrected chi connectivity index (χ2v) is 3.67. The van der Waals surface area contributed by atoms with E-state index in [2.05, 4.69) is 10.9 Å². The van der Waals surface area contributed by atoms with E-state index < -0.39 is 0 Å². The molecule has 2 rings (SSSR count). The van der Waals surface area contributed by atoms with Crippen LogP contribution >= 0.6 is 0 Å². The van der Waals surface area contributed by atoms with Crippen molar-refractivity contribution in [1.29, 1.82) is 0 Å². The summed E-state index contributed by atoms with van der Waals surface area (Å²) in [5.74, 6) is 3.38. The van der Waals surface area contributed by atoms with Gasteiger partial charge in [-0.3, -0.25) is 0 Å². The van der Waals surface area contributed by atoms with Crippen LogP contribution in [-0.4, -0.2) is 12.8 Å². The highest BCUT2D eigenvalue weighted by Gasteiger charge is 2.02. The molecule has 0 bridgehead atoms. The summed E-state index contributed by atoms with van der Waals surface area (Å²) in [4.78, 5) is 4.45. The number of ether oxygens (including phenoxy) is 1. The standard InChI is InChI=1S/C16H13NO/c1-3-16(17-14-9-5-4-6-10-14)13-8-7-11-15(12-13)18-2/h1,4-12H,2H3. The molecule has 0 aliphatic rings. The van der Waals surface area contributed by atoms with E-state index in [0.717, 1.165) is 17.0 Å². The van der Waals surface area contributed by atoms with Crippen LogP contribution in [0.25, 0.3) is 0 Å². The Kier molecular flexibility index (Phi) is 3.78. The molecule has 18 heavy (non-hydrogen) atoms. The van der Waals surface area contributed by atoms with Crippen LogP contribution < -0.4 is 4.74 Å². The Labute approximate surface area is 107 Å². The Bertz CT molecular complexity index is 594. The Balaban J connectivity index is 2.40. The third-order valence-corrected chi connectivity index (χ3v) is 2.48. The molecule has 2 heteroatoms. The molecule has 0 heterocycles. The number of benzene rings is 2. The lowest BCUT2D eigenvalue weighted by Crippen LogP contribution is -1.97. The van der Waals surface area contributed by atoms with Gasteiger partial charge < -0.3 is 4.74 Å². The lowest BCUT2D eigenvalue weighted by Gasteiger charge is -2.03. The third-order valence-electron chi connectivity index (χ3n) is 2.48. The number of hydrogen-bond acceptors (Lipinski definition) is 2. The average Bonchev–Trinajstić information content (AvgIpc) is 2.46. The largest absolute Gasteiger partial charge is 0.497 e. The molecular weight excluding hydrogens is 222 g/mol. The van der Waals surface area contributed by atoms with Crippen molar-refractivity contribution in [2.24, 2.45) is 4.99 Å². The highest BCUT2D eigenvalue weighted by Crippen LogP contribution is 2.16. The maximum absolute atomic E-state index is 5.52. The molecule has 2 aromatic rings. The van der Waals surface area contributed by atoms with Gasteiger partial charge in [0.1, 0.15) is 11.5 Å². The molecule has 0 saturated carbocycles. The monoisotopic (exact) mass is 235 g/mol. The van der Waals surface area contributed by atoms with Crippen molar-refractivity contribution in [3.63, 3.8) is 0 Å². The zero-order valence-electron chi connectivity index (χ0n) is 10.1. The third kappa shape index (κ3) is 2.78. The lowest BCUT2D eigenvalue weighted by atomic mass is 10.1. The molecule has 2 nitrogen and oxygen atoms in total. The van der Waals surface area contributed by atoms with Gasteiger partial charge in [-0.15, -0.1) is 6.42 Å². The summed E-state index contributed by atoms with van der Waals surface area (Å²) in [5, 5.41) is 0. The van der Waals surface area contributed by atoms with Crippen LogP contribution in [0.2, 0.25) is 0 Å². The summed E-state index contributed by atoms with van der Waals surface area (Å²) in [7, 11) is 1.63. The molecular formula is C16H13NO. The first-order valence-corrected chi connectivity index (χ1v) is 5.58. The molecule has 0 atom stereocenters. The van der Waals surface area contributed by atoms with E-state index in [1.165, 1.54) is 0 Å². The van der Waals surface area contributed by atoms with Crippen molar-refractivity contribution in [2.45, 2.75) is 0 Å². The van der Waals surface area contributed by atoms with E-state index in [4.69, 9.17) is 11.2 Å². The van der Waals surface area contributed by atoms with Gasteiger partial charge >= 0.3 is 0 Å². The molecule has 0 unspecified atom stereocenters. The molecule has 2 aromatic carbocycles. The van der Waals surface area contributed by atoms with E-state index in [1.54, 1.807) is 7.11 Å². The fourth-order valence-corrected chi connectivity index (χ4v) is 1.58. The highest BCUT2D eigenvalue weighted by atomic mass is 16.5. The molecule has 0 aliphatic heterocycles. The smallest absolute Gasteiger partial charge is 0.120 e. The first kappa shape index (κ1) is 11.9. The number of hydrogen-bond donors (Lipinski definition) is 0. The zero-order chi connectivity index (χ0) is 12.8. The summed E-state index contributed by atoms with van der Waals surface area (Å²) < 4.78 is 5.18.